The molecule has 0 unspecified atom stereocenters. The molecule has 2 saturated carbocycles. The Morgan fingerprint density at radius 1 is 0.750 bits per heavy atom. The Balaban J connectivity index is 1.90. The summed E-state index contributed by atoms with van der Waals surface area (Å²) in [5.41, 5.74) is -0.648. The highest BCUT2D eigenvalue weighted by atomic mass is 14.5. The summed E-state index contributed by atoms with van der Waals surface area (Å²) in [6.45, 7) is 0. The molecule has 0 aromatic carbocycles. The molecular weight excluding hydrogens is 196 g/mol. The van der Waals surface area contributed by atoms with Crippen molar-refractivity contribution in [3.63, 3.8) is 0 Å². The zero-order chi connectivity index (χ0) is 11.4. The van der Waals surface area contributed by atoms with Gasteiger partial charge in [-0.05, 0) is 37.5 Å². The van der Waals surface area contributed by atoms with Gasteiger partial charge in [-0.3, -0.25) is 0 Å². The lowest BCUT2D eigenvalue weighted by molar-refractivity contribution is 0.161. The molecule has 0 aromatic rings. The van der Waals surface area contributed by atoms with Gasteiger partial charge in [0.15, 0.2) is 0 Å². The maximum atomic E-state index is 9.07. The van der Waals surface area contributed by atoms with E-state index in [4.69, 9.17) is 10.5 Å². The Morgan fingerprint density at radius 2 is 1.25 bits per heavy atom. The minimum Gasteiger partial charge on any atom is -0.197 e. The summed E-state index contributed by atoms with van der Waals surface area (Å²) in [7, 11) is 0. The van der Waals surface area contributed by atoms with Crippen molar-refractivity contribution in [1.82, 2.24) is 0 Å². The van der Waals surface area contributed by atoms with E-state index in [1.165, 1.54) is 32.1 Å². The fourth-order valence-electron chi connectivity index (χ4n) is 3.46. The van der Waals surface area contributed by atoms with E-state index in [-0.39, 0.29) is 0 Å². The molecule has 0 spiro atoms. The summed E-state index contributed by atoms with van der Waals surface area (Å²) in [6.07, 6.45) is 10.8. The highest BCUT2D eigenvalue weighted by molar-refractivity contribution is 5.15. The molecule has 86 valence electrons. The van der Waals surface area contributed by atoms with E-state index in [9.17, 15) is 0 Å². The fourth-order valence-corrected chi connectivity index (χ4v) is 3.46. The van der Waals surface area contributed by atoms with Gasteiger partial charge >= 0.3 is 0 Å². The number of hydrogen-bond donors (Lipinski definition) is 0. The van der Waals surface area contributed by atoms with Crippen LogP contribution in [0.15, 0.2) is 0 Å². The second-order valence-electron chi connectivity index (χ2n) is 5.54. The smallest absolute Gasteiger partial charge is 0.143 e. The Labute approximate surface area is 98.3 Å². The van der Waals surface area contributed by atoms with E-state index < -0.39 is 5.41 Å². The van der Waals surface area contributed by atoms with E-state index in [0.29, 0.717) is 0 Å². The molecule has 2 heteroatoms. The topological polar surface area (TPSA) is 47.6 Å². The van der Waals surface area contributed by atoms with Crippen molar-refractivity contribution in [2.24, 2.45) is 17.3 Å². The number of rotatable bonds is 1. The lowest BCUT2D eigenvalue weighted by atomic mass is 9.66. The third-order valence-electron chi connectivity index (χ3n) is 4.63. The minimum absolute atomic E-state index is 0.648. The van der Waals surface area contributed by atoms with Gasteiger partial charge in [0.2, 0.25) is 0 Å². The minimum atomic E-state index is -0.648. The first-order valence-electron chi connectivity index (χ1n) is 6.62. The molecule has 0 aromatic heterocycles. The normalized spacial score (nSPS) is 26.9. The van der Waals surface area contributed by atoms with Crippen LogP contribution >= 0.6 is 0 Å². The van der Waals surface area contributed by atoms with E-state index in [1.54, 1.807) is 0 Å². The molecule has 0 bridgehead atoms. The molecule has 0 radical (unpaired) electrons. The molecule has 2 nitrogen and oxygen atoms in total. The Bertz CT molecular complexity index is 291. The zero-order valence-corrected chi connectivity index (χ0v) is 9.91. The zero-order valence-electron chi connectivity index (χ0n) is 9.91. The van der Waals surface area contributed by atoms with E-state index in [2.05, 4.69) is 12.1 Å². The van der Waals surface area contributed by atoms with Crippen LogP contribution in [-0.2, 0) is 0 Å². The lowest BCUT2D eigenvalue weighted by Gasteiger charge is -2.36. The molecule has 16 heavy (non-hydrogen) atoms. The highest BCUT2D eigenvalue weighted by Crippen LogP contribution is 2.44. The summed E-state index contributed by atoms with van der Waals surface area (Å²) < 4.78 is 0. The van der Waals surface area contributed by atoms with Gasteiger partial charge < -0.3 is 0 Å². The third-order valence-corrected chi connectivity index (χ3v) is 4.63. The molecule has 2 aliphatic carbocycles. The molecule has 2 fully saturated rings. The first kappa shape index (κ1) is 11.5. The Hall–Kier alpha value is -1.02. The molecular formula is C14H20N2. The predicted molar refractivity (Wildman–Crippen MR) is 62.2 cm³/mol. The van der Waals surface area contributed by atoms with Crippen LogP contribution < -0.4 is 0 Å². The first-order valence-corrected chi connectivity index (χ1v) is 6.62. The van der Waals surface area contributed by atoms with Crippen LogP contribution in [0, 0.1) is 39.9 Å². The van der Waals surface area contributed by atoms with Crippen molar-refractivity contribution in [1.29, 1.82) is 10.5 Å². The second-order valence-corrected chi connectivity index (χ2v) is 5.54. The average molecular weight is 216 g/mol. The van der Waals surface area contributed by atoms with Gasteiger partial charge in [0.1, 0.15) is 5.41 Å². The van der Waals surface area contributed by atoms with Crippen molar-refractivity contribution in [2.75, 3.05) is 0 Å². The van der Waals surface area contributed by atoms with Crippen LogP contribution in [0.25, 0.3) is 0 Å². The summed E-state index contributed by atoms with van der Waals surface area (Å²) >= 11 is 0. The fraction of sp³-hybridized carbons (Fsp3) is 0.857. The predicted octanol–water partition coefficient (Wildman–Crippen LogP) is 3.79. The van der Waals surface area contributed by atoms with Crippen molar-refractivity contribution in [2.45, 2.75) is 57.8 Å². The summed E-state index contributed by atoms with van der Waals surface area (Å²) in [5, 5.41) is 18.1. The molecule has 0 aliphatic heterocycles. The molecule has 2 aliphatic rings. The van der Waals surface area contributed by atoms with Gasteiger partial charge in [0.05, 0.1) is 12.1 Å². The number of hydrogen-bond acceptors (Lipinski definition) is 2. The van der Waals surface area contributed by atoms with Crippen LogP contribution in [0.1, 0.15) is 57.8 Å². The molecule has 2 rings (SSSR count). The maximum absolute atomic E-state index is 9.07. The van der Waals surface area contributed by atoms with Gasteiger partial charge in [0, 0.05) is 0 Å². The van der Waals surface area contributed by atoms with E-state index >= 15 is 0 Å². The molecule has 0 N–H and O–H groups in total. The first-order chi connectivity index (χ1) is 7.79. The summed E-state index contributed by atoms with van der Waals surface area (Å²) in [6, 6.07) is 4.46. The van der Waals surface area contributed by atoms with Gasteiger partial charge in [0.25, 0.3) is 0 Å². The van der Waals surface area contributed by atoms with Crippen LogP contribution in [0.4, 0.5) is 0 Å². The molecule has 0 atom stereocenters. The third kappa shape index (κ3) is 2.22. The van der Waals surface area contributed by atoms with Crippen LogP contribution in [0.3, 0.4) is 0 Å². The van der Waals surface area contributed by atoms with Gasteiger partial charge in [-0.2, -0.15) is 10.5 Å². The molecule has 0 heterocycles. The molecule has 0 amide bonds. The van der Waals surface area contributed by atoms with Crippen molar-refractivity contribution >= 4 is 0 Å². The second kappa shape index (κ2) is 4.88. The SMILES string of the molecule is N#CC1(C#N)CCC(C2CCCCC2)CC1. The number of nitriles is 2. The number of nitrogens with zero attached hydrogens (tertiary/aromatic N) is 2. The van der Waals surface area contributed by atoms with Crippen LogP contribution in [-0.4, -0.2) is 0 Å². The van der Waals surface area contributed by atoms with E-state index in [0.717, 1.165) is 37.5 Å². The van der Waals surface area contributed by atoms with Crippen LogP contribution in [0.2, 0.25) is 0 Å². The Kier molecular flexibility index (Phi) is 3.49. The highest BCUT2D eigenvalue weighted by Gasteiger charge is 2.38. The summed E-state index contributed by atoms with van der Waals surface area (Å²) in [5.74, 6) is 1.69. The molecule has 0 saturated heterocycles. The van der Waals surface area contributed by atoms with Gasteiger partial charge in [-0.15, -0.1) is 0 Å². The van der Waals surface area contributed by atoms with Crippen molar-refractivity contribution in [3.05, 3.63) is 0 Å². The Morgan fingerprint density at radius 3 is 1.75 bits per heavy atom. The van der Waals surface area contributed by atoms with Crippen molar-refractivity contribution in [3.8, 4) is 12.1 Å². The van der Waals surface area contributed by atoms with Gasteiger partial charge in [-0.25, -0.2) is 0 Å². The van der Waals surface area contributed by atoms with Crippen LogP contribution in [0.5, 0.6) is 0 Å². The van der Waals surface area contributed by atoms with Gasteiger partial charge in [-0.1, -0.05) is 32.1 Å². The summed E-state index contributed by atoms with van der Waals surface area (Å²) in [4.78, 5) is 0. The average Bonchev–Trinajstić information content (AvgIpc) is 2.40. The largest absolute Gasteiger partial charge is 0.197 e. The maximum Gasteiger partial charge on any atom is 0.143 e. The van der Waals surface area contributed by atoms with E-state index in [1.807, 2.05) is 0 Å². The quantitative estimate of drug-likeness (QED) is 0.669. The standard InChI is InChI=1S/C14H20N2/c15-10-14(11-16)8-6-13(7-9-14)12-4-2-1-3-5-12/h12-13H,1-9H2. The monoisotopic (exact) mass is 216 g/mol. The lowest BCUT2D eigenvalue weighted by Crippen LogP contribution is -2.29. The van der Waals surface area contributed by atoms with Crippen molar-refractivity contribution < 1.29 is 0 Å².